The molecule has 0 aliphatic rings. The van der Waals surface area contributed by atoms with Gasteiger partial charge in [-0.1, -0.05) is 35.9 Å². The molecule has 0 saturated heterocycles. The van der Waals surface area contributed by atoms with Crippen LogP contribution in [-0.4, -0.2) is 14.3 Å². The summed E-state index contributed by atoms with van der Waals surface area (Å²) in [7, 11) is -3.77. The van der Waals surface area contributed by atoms with E-state index in [1.165, 1.54) is 30.3 Å². The molecular weight excluding hydrogens is 391 g/mol. The Morgan fingerprint density at radius 3 is 2.24 bits per heavy atom. The molecule has 150 valence electrons. The summed E-state index contributed by atoms with van der Waals surface area (Å²) in [6.07, 6.45) is 0. The largest absolute Gasteiger partial charge is 0.348 e. The zero-order chi connectivity index (χ0) is 21.0. The third kappa shape index (κ3) is 5.20. The number of aryl methyl sites for hydroxylation is 2. The monoisotopic (exact) mass is 412 g/mol. The van der Waals surface area contributed by atoms with E-state index in [0.717, 1.165) is 11.1 Å². The molecule has 0 spiro atoms. The summed E-state index contributed by atoms with van der Waals surface area (Å²) >= 11 is 0. The summed E-state index contributed by atoms with van der Waals surface area (Å²) in [6, 6.07) is 17.1. The van der Waals surface area contributed by atoms with Crippen molar-refractivity contribution in [3.05, 3.63) is 94.8 Å². The van der Waals surface area contributed by atoms with E-state index >= 15 is 0 Å². The van der Waals surface area contributed by atoms with Gasteiger partial charge in [-0.3, -0.25) is 9.52 Å². The van der Waals surface area contributed by atoms with Crippen molar-refractivity contribution < 1.29 is 17.6 Å². The smallest absolute Gasteiger partial charge is 0.261 e. The lowest BCUT2D eigenvalue weighted by molar-refractivity contribution is 0.0951. The SMILES string of the molecule is Cc1ccc(S(=O)(=O)Nc2cc(C(=O)NCc3ccc(F)cc3)ccc2C)cc1. The molecule has 0 radical (unpaired) electrons. The van der Waals surface area contributed by atoms with Crippen molar-refractivity contribution in [1.82, 2.24) is 5.32 Å². The van der Waals surface area contributed by atoms with Gasteiger partial charge in [0.15, 0.2) is 0 Å². The molecule has 0 aliphatic heterocycles. The molecule has 0 heterocycles. The molecule has 0 saturated carbocycles. The highest BCUT2D eigenvalue weighted by Crippen LogP contribution is 2.21. The van der Waals surface area contributed by atoms with E-state index in [0.29, 0.717) is 16.8 Å². The lowest BCUT2D eigenvalue weighted by Crippen LogP contribution is -2.23. The maximum Gasteiger partial charge on any atom is 0.261 e. The molecule has 0 aromatic heterocycles. The summed E-state index contributed by atoms with van der Waals surface area (Å²) in [5.74, 6) is -0.700. The second-order valence-electron chi connectivity index (χ2n) is 6.76. The number of anilines is 1. The van der Waals surface area contributed by atoms with Crippen LogP contribution in [0.15, 0.2) is 71.6 Å². The molecule has 3 rings (SSSR count). The molecule has 3 aromatic carbocycles. The Morgan fingerprint density at radius 2 is 1.59 bits per heavy atom. The van der Waals surface area contributed by atoms with Gasteiger partial charge in [0, 0.05) is 12.1 Å². The van der Waals surface area contributed by atoms with Gasteiger partial charge in [0.25, 0.3) is 15.9 Å². The van der Waals surface area contributed by atoms with Crippen molar-refractivity contribution in [2.45, 2.75) is 25.3 Å². The minimum absolute atomic E-state index is 0.147. The van der Waals surface area contributed by atoms with Gasteiger partial charge >= 0.3 is 0 Å². The van der Waals surface area contributed by atoms with Crippen LogP contribution >= 0.6 is 0 Å². The van der Waals surface area contributed by atoms with E-state index in [9.17, 15) is 17.6 Å². The summed E-state index contributed by atoms with van der Waals surface area (Å²) in [4.78, 5) is 12.6. The topological polar surface area (TPSA) is 75.3 Å². The molecule has 1 amide bonds. The quantitative estimate of drug-likeness (QED) is 0.638. The number of hydrogen-bond acceptors (Lipinski definition) is 3. The van der Waals surface area contributed by atoms with E-state index in [1.54, 1.807) is 43.3 Å². The molecule has 2 N–H and O–H groups in total. The fraction of sp³-hybridized carbons (Fsp3) is 0.136. The zero-order valence-corrected chi connectivity index (χ0v) is 16.9. The Morgan fingerprint density at radius 1 is 0.931 bits per heavy atom. The minimum atomic E-state index is -3.77. The summed E-state index contributed by atoms with van der Waals surface area (Å²) in [6.45, 7) is 3.87. The highest BCUT2D eigenvalue weighted by Gasteiger charge is 2.16. The van der Waals surface area contributed by atoms with Crippen LogP contribution in [0.2, 0.25) is 0 Å². The van der Waals surface area contributed by atoms with Crippen LogP contribution in [0.5, 0.6) is 0 Å². The summed E-state index contributed by atoms with van der Waals surface area (Å²) < 4.78 is 40.8. The molecule has 5 nitrogen and oxygen atoms in total. The number of amides is 1. The van der Waals surface area contributed by atoms with Crippen molar-refractivity contribution in [2.24, 2.45) is 0 Å². The number of benzene rings is 3. The summed E-state index contributed by atoms with van der Waals surface area (Å²) in [5.41, 5.74) is 3.06. The first kappa shape index (κ1) is 20.5. The van der Waals surface area contributed by atoms with Gasteiger partial charge in [0.05, 0.1) is 10.6 Å². The average Bonchev–Trinajstić information content (AvgIpc) is 2.69. The van der Waals surface area contributed by atoms with Crippen molar-refractivity contribution in [3.63, 3.8) is 0 Å². The first-order chi connectivity index (χ1) is 13.7. The number of carbonyl (C=O) groups excluding carboxylic acids is 1. The van der Waals surface area contributed by atoms with Crippen molar-refractivity contribution >= 4 is 21.6 Å². The number of nitrogens with one attached hydrogen (secondary N) is 2. The van der Waals surface area contributed by atoms with Gasteiger partial charge in [-0.2, -0.15) is 0 Å². The molecule has 0 bridgehead atoms. The van der Waals surface area contributed by atoms with Crippen LogP contribution in [-0.2, 0) is 16.6 Å². The molecule has 0 unspecified atom stereocenters. The minimum Gasteiger partial charge on any atom is -0.348 e. The Hall–Kier alpha value is -3.19. The predicted molar refractivity (Wildman–Crippen MR) is 111 cm³/mol. The van der Waals surface area contributed by atoms with Crippen molar-refractivity contribution in [1.29, 1.82) is 0 Å². The third-order valence-corrected chi connectivity index (χ3v) is 5.82. The molecule has 0 fully saturated rings. The standard InChI is InChI=1S/C22H21FN2O3S/c1-15-3-11-20(12-4-15)29(27,28)25-21-13-18(8-5-16(21)2)22(26)24-14-17-6-9-19(23)10-7-17/h3-13,25H,14H2,1-2H3,(H,24,26). The molecule has 29 heavy (non-hydrogen) atoms. The molecule has 3 aromatic rings. The van der Waals surface area contributed by atoms with Crippen molar-refractivity contribution in [2.75, 3.05) is 4.72 Å². The van der Waals surface area contributed by atoms with E-state index in [-0.39, 0.29) is 23.2 Å². The fourth-order valence-corrected chi connectivity index (χ4v) is 3.80. The van der Waals surface area contributed by atoms with Gasteiger partial charge in [-0.15, -0.1) is 0 Å². The maximum absolute atomic E-state index is 13.0. The molecule has 7 heteroatoms. The van der Waals surface area contributed by atoms with E-state index in [2.05, 4.69) is 10.0 Å². The number of halogens is 1. The Bertz CT molecular complexity index is 1130. The third-order valence-electron chi connectivity index (χ3n) is 4.44. The molecule has 0 aliphatic carbocycles. The highest BCUT2D eigenvalue weighted by atomic mass is 32.2. The zero-order valence-electron chi connectivity index (χ0n) is 16.1. The highest BCUT2D eigenvalue weighted by molar-refractivity contribution is 7.92. The fourth-order valence-electron chi connectivity index (χ4n) is 2.68. The van der Waals surface area contributed by atoms with Gasteiger partial charge in [0.2, 0.25) is 0 Å². The first-order valence-electron chi connectivity index (χ1n) is 8.97. The lowest BCUT2D eigenvalue weighted by atomic mass is 10.1. The van der Waals surface area contributed by atoms with Gasteiger partial charge in [-0.25, -0.2) is 12.8 Å². The van der Waals surface area contributed by atoms with Crippen LogP contribution in [0, 0.1) is 19.7 Å². The summed E-state index contributed by atoms with van der Waals surface area (Å²) in [5, 5.41) is 2.74. The van der Waals surface area contributed by atoms with Crippen molar-refractivity contribution in [3.8, 4) is 0 Å². The van der Waals surface area contributed by atoms with E-state index in [4.69, 9.17) is 0 Å². The van der Waals surface area contributed by atoms with E-state index < -0.39 is 10.0 Å². The number of rotatable bonds is 6. The van der Waals surface area contributed by atoms with Gasteiger partial charge in [-0.05, 0) is 61.4 Å². The number of hydrogen-bond donors (Lipinski definition) is 2. The second kappa shape index (κ2) is 8.45. The normalized spacial score (nSPS) is 11.1. The number of carbonyl (C=O) groups is 1. The predicted octanol–water partition coefficient (Wildman–Crippen LogP) is 4.17. The van der Waals surface area contributed by atoms with Gasteiger partial charge < -0.3 is 5.32 Å². The average molecular weight is 412 g/mol. The van der Waals surface area contributed by atoms with Crippen LogP contribution in [0.25, 0.3) is 0 Å². The van der Waals surface area contributed by atoms with Gasteiger partial charge in [0.1, 0.15) is 5.82 Å². The first-order valence-corrected chi connectivity index (χ1v) is 10.5. The maximum atomic E-state index is 13.0. The molecular formula is C22H21FN2O3S. The van der Waals surface area contributed by atoms with E-state index in [1.807, 2.05) is 6.92 Å². The second-order valence-corrected chi connectivity index (χ2v) is 8.44. The Kier molecular flexibility index (Phi) is 5.98. The van der Waals surface area contributed by atoms with Crippen LogP contribution in [0.4, 0.5) is 10.1 Å². The Balaban J connectivity index is 1.75. The van der Waals surface area contributed by atoms with Crippen LogP contribution in [0.3, 0.4) is 0 Å². The molecule has 0 atom stereocenters. The Labute approximate surface area is 169 Å². The van der Waals surface area contributed by atoms with Crippen LogP contribution < -0.4 is 10.0 Å². The number of sulfonamides is 1. The lowest BCUT2D eigenvalue weighted by Gasteiger charge is -2.13. The van der Waals surface area contributed by atoms with Crippen LogP contribution in [0.1, 0.15) is 27.0 Å².